The average Bonchev–Trinajstić information content (AvgIpc) is 2.95. The summed E-state index contributed by atoms with van der Waals surface area (Å²) in [6.45, 7) is 4.43. The van der Waals surface area contributed by atoms with Gasteiger partial charge >= 0.3 is 0 Å². The van der Waals surface area contributed by atoms with Crippen LogP contribution in [-0.4, -0.2) is 131 Å². The molecule has 442 valence electrons. The van der Waals surface area contributed by atoms with Gasteiger partial charge in [-0.3, -0.25) is 43.7 Å². The molecule has 1 unspecified atom stereocenters. The summed E-state index contributed by atoms with van der Waals surface area (Å²) in [5.41, 5.74) is 16.7. The number of carbonyl (C=O) groups excluding carboxylic acids is 8. The van der Waals surface area contributed by atoms with Gasteiger partial charge in [0.15, 0.2) is 11.9 Å². The summed E-state index contributed by atoms with van der Waals surface area (Å²) < 4.78 is 0. The van der Waals surface area contributed by atoms with Gasteiger partial charge in [0, 0.05) is 31.6 Å². The molecule has 7 atom stereocenters. The fraction of sp³-hybridized carbons (Fsp3) is 0.377. The standard InChI is InChI=1S/C61H76N10O10S2/c1-37(73)54(55(64)77)69-53(76)33-65-52(75)32-60(2,3)35-66-57(79)49(19-11-12-26-62)70-61(36-72,31-47-45-17-9-7-15-42(45)30-43-16-8-10-18-46(43)47)71-59(81)50(29-38-21-24-44(74)25-22-38)67-58(80)51(34-83-82-4)68-56(78)48(63)28-39-20-23-40-13-5-6-14-41(40)27-39/h5-10,13-18,20-25,27,30,36-37,48-51,54,70,73-74H,11-12,19,26,28-29,31-35,62-63H2,1-4H3,(H2,64,77)(H,65,75)(H,66,79)(H,67,80)(H,68,78)(H,69,76)(H,71,81)/t37?,48-,49+,50+,51+,54+,61-/m1/s1. The van der Waals surface area contributed by atoms with E-state index in [0.717, 1.165) is 37.9 Å². The molecule has 6 aromatic rings. The first-order chi connectivity index (χ1) is 39.6. The molecule has 0 saturated heterocycles. The highest BCUT2D eigenvalue weighted by atomic mass is 33.1. The van der Waals surface area contributed by atoms with E-state index in [1.165, 1.54) is 40.6 Å². The Morgan fingerprint density at radius 2 is 1.29 bits per heavy atom. The maximum absolute atomic E-state index is 15.4. The normalized spacial score (nSPS) is 14.4. The van der Waals surface area contributed by atoms with Gasteiger partial charge in [-0.25, -0.2) is 0 Å². The zero-order chi connectivity index (χ0) is 60.3. The van der Waals surface area contributed by atoms with Crippen LogP contribution in [0.5, 0.6) is 5.75 Å². The first-order valence-electron chi connectivity index (χ1n) is 27.4. The Kier molecular flexibility index (Phi) is 23.8. The number of unbranched alkanes of at least 4 members (excludes halogenated alkanes) is 1. The molecule has 0 spiro atoms. The van der Waals surface area contributed by atoms with E-state index in [0.29, 0.717) is 36.8 Å². The van der Waals surface area contributed by atoms with Gasteiger partial charge < -0.3 is 59.3 Å². The minimum atomic E-state index is -2.08. The molecule has 0 bridgehead atoms. The SMILES string of the molecule is CSSC[C@H](NC(=O)[C@H](N)Cc1ccc2ccccc2c1)C(=O)N[C@@H](Cc1ccc(O)cc1)C(=O)N[C@@](C=O)(Cc1c2ccccc2cc2ccccc12)N[C@@H](CCCCN)C(=O)NCC(C)(C)CC(=O)NCC(=O)N[C@H](C(N)=O)C(C)O. The van der Waals surface area contributed by atoms with E-state index in [1.54, 1.807) is 26.0 Å². The molecule has 6 rings (SSSR count). The lowest BCUT2D eigenvalue weighted by Crippen LogP contribution is -2.69. The molecule has 7 amide bonds. The van der Waals surface area contributed by atoms with Crippen LogP contribution in [0.25, 0.3) is 32.3 Å². The minimum absolute atomic E-state index is 0.0390. The molecule has 0 fully saturated rings. The molecule has 83 heavy (non-hydrogen) atoms. The number of hydrogen-bond acceptors (Lipinski definition) is 15. The van der Waals surface area contributed by atoms with Crippen molar-refractivity contribution >= 4 is 102 Å². The molecular formula is C61H76N10O10S2. The van der Waals surface area contributed by atoms with Crippen LogP contribution in [0.3, 0.4) is 0 Å². The number of fused-ring (bicyclic) bond motifs is 3. The van der Waals surface area contributed by atoms with E-state index in [9.17, 15) is 43.8 Å². The molecule has 15 N–H and O–H groups in total. The molecule has 20 nitrogen and oxygen atoms in total. The number of rotatable bonds is 32. The van der Waals surface area contributed by atoms with E-state index in [-0.39, 0.29) is 50.2 Å². The van der Waals surface area contributed by atoms with Crippen molar-refractivity contribution in [3.05, 3.63) is 138 Å². The first kappa shape index (κ1) is 64.6. The maximum atomic E-state index is 15.4. The Hall–Kier alpha value is -7.60. The van der Waals surface area contributed by atoms with Gasteiger partial charge in [-0.1, -0.05) is 145 Å². The number of primary amides is 1. The van der Waals surface area contributed by atoms with Crippen LogP contribution in [0, 0.1) is 5.41 Å². The number of aliphatic hydroxyl groups is 1. The highest BCUT2D eigenvalue weighted by Crippen LogP contribution is 2.32. The third-order valence-electron chi connectivity index (χ3n) is 14.1. The fourth-order valence-electron chi connectivity index (χ4n) is 9.69. The number of nitrogens with one attached hydrogen (secondary N) is 7. The Morgan fingerprint density at radius 3 is 1.90 bits per heavy atom. The molecule has 0 saturated carbocycles. The largest absolute Gasteiger partial charge is 0.508 e. The average molecular weight is 1170 g/mol. The summed E-state index contributed by atoms with van der Waals surface area (Å²) in [4.78, 5) is 110. The number of aromatic hydroxyl groups is 1. The number of phenolic OH excluding ortho intramolecular Hbond substituents is 1. The molecule has 0 radical (unpaired) electrons. The number of benzene rings is 6. The zero-order valence-corrected chi connectivity index (χ0v) is 48.7. The lowest BCUT2D eigenvalue weighted by molar-refractivity contribution is -0.134. The highest BCUT2D eigenvalue weighted by Gasteiger charge is 2.40. The van der Waals surface area contributed by atoms with Crippen molar-refractivity contribution in [2.24, 2.45) is 22.6 Å². The third-order valence-corrected chi connectivity index (χ3v) is 15.9. The van der Waals surface area contributed by atoms with Crippen molar-refractivity contribution in [2.45, 2.75) is 108 Å². The quantitative estimate of drug-likeness (QED) is 0.00948. The number of nitrogens with two attached hydrogens (primary N) is 3. The highest BCUT2D eigenvalue weighted by molar-refractivity contribution is 8.76. The predicted octanol–water partition coefficient (Wildman–Crippen LogP) is 3.29. The summed E-state index contributed by atoms with van der Waals surface area (Å²) in [6, 6.07) is 30.6. The van der Waals surface area contributed by atoms with Gasteiger partial charge in [0.2, 0.25) is 41.4 Å². The smallest absolute Gasteiger partial charge is 0.244 e. The van der Waals surface area contributed by atoms with E-state index < -0.39 is 95.3 Å². The third kappa shape index (κ3) is 19.0. The van der Waals surface area contributed by atoms with Crippen LogP contribution in [0.4, 0.5) is 0 Å². The summed E-state index contributed by atoms with van der Waals surface area (Å²) in [6.07, 6.45) is 1.77. The predicted molar refractivity (Wildman–Crippen MR) is 326 cm³/mol. The van der Waals surface area contributed by atoms with Crippen LogP contribution in [0.1, 0.15) is 63.1 Å². The monoisotopic (exact) mass is 1170 g/mol. The van der Waals surface area contributed by atoms with Gasteiger partial charge in [-0.05, 0) is 112 Å². The summed E-state index contributed by atoms with van der Waals surface area (Å²) >= 11 is 0. The molecule has 0 aliphatic carbocycles. The number of phenols is 1. The number of aldehydes is 1. The maximum Gasteiger partial charge on any atom is 0.244 e. The lowest BCUT2D eigenvalue weighted by atomic mass is 9.88. The molecular weight excluding hydrogens is 1100 g/mol. The Labute approximate surface area is 490 Å². The Bertz CT molecular complexity index is 3200. The molecule has 6 aromatic carbocycles. The van der Waals surface area contributed by atoms with Crippen LogP contribution >= 0.6 is 21.6 Å². The van der Waals surface area contributed by atoms with Gasteiger partial charge in [0.05, 0.1) is 24.7 Å². The van der Waals surface area contributed by atoms with Gasteiger partial charge in [-0.2, -0.15) is 0 Å². The molecule has 0 aliphatic heterocycles. The molecule has 22 heteroatoms. The van der Waals surface area contributed by atoms with Crippen molar-refractivity contribution < 1.29 is 48.6 Å². The van der Waals surface area contributed by atoms with Crippen molar-refractivity contribution in [3.63, 3.8) is 0 Å². The number of amides is 7. The van der Waals surface area contributed by atoms with Crippen LogP contribution in [-0.2, 0) is 57.6 Å². The summed E-state index contributed by atoms with van der Waals surface area (Å²) in [5, 5.41) is 44.9. The van der Waals surface area contributed by atoms with Crippen molar-refractivity contribution in [1.82, 2.24) is 37.2 Å². The first-order valence-corrected chi connectivity index (χ1v) is 30.1. The topological polar surface area (TPSA) is 339 Å². The molecule has 0 aliphatic rings. The van der Waals surface area contributed by atoms with Crippen molar-refractivity contribution in [2.75, 3.05) is 31.6 Å². The lowest BCUT2D eigenvalue weighted by Gasteiger charge is -2.37. The van der Waals surface area contributed by atoms with Gasteiger partial charge in [0.25, 0.3) is 0 Å². The van der Waals surface area contributed by atoms with Crippen molar-refractivity contribution in [3.8, 4) is 5.75 Å². The van der Waals surface area contributed by atoms with E-state index >= 15 is 4.79 Å². The van der Waals surface area contributed by atoms with Crippen LogP contribution < -0.4 is 54.4 Å². The second-order valence-electron chi connectivity index (χ2n) is 21.5. The number of hydrogen-bond donors (Lipinski definition) is 12. The van der Waals surface area contributed by atoms with Crippen molar-refractivity contribution in [1.29, 1.82) is 0 Å². The number of aliphatic hydroxyl groups excluding tert-OH is 1. The summed E-state index contributed by atoms with van der Waals surface area (Å²) in [5.74, 6) is -4.93. The zero-order valence-electron chi connectivity index (χ0n) is 47.1. The van der Waals surface area contributed by atoms with E-state index in [4.69, 9.17) is 17.2 Å². The molecule has 0 aromatic heterocycles. The number of carbonyl (C=O) groups is 8. The van der Waals surface area contributed by atoms with E-state index in [1.807, 2.05) is 103 Å². The minimum Gasteiger partial charge on any atom is -0.508 e. The Balaban J connectivity index is 1.31. The second kappa shape index (κ2) is 30.6. The van der Waals surface area contributed by atoms with Crippen LogP contribution in [0.15, 0.2) is 121 Å². The Morgan fingerprint density at radius 1 is 0.675 bits per heavy atom. The van der Waals surface area contributed by atoms with Gasteiger partial charge in [-0.15, -0.1) is 0 Å². The second-order valence-corrected chi connectivity index (χ2v) is 24.1. The van der Waals surface area contributed by atoms with E-state index in [2.05, 4.69) is 37.2 Å². The summed E-state index contributed by atoms with van der Waals surface area (Å²) in [7, 11) is 2.68. The van der Waals surface area contributed by atoms with Crippen LogP contribution in [0.2, 0.25) is 0 Å². The molecule has 0 heterocycles. The van der Waals surface area contributed by atoms with Gasteiger partial charge in [0.1, 0.15) is 23.9 Å². The fourth-order valence-corrected chi connectivity index (χ4v) is 11.0.